The molecule has 20 heavy (non-hydrogen) atoms. The number of hydrogen-bond acceptors (Lipinski definition) is 4. The molecule has 106 valence electrons. The van der Waals surface area contributed by atoms with Crippen LogP contribution < -0.4 is 11.1 Å². The van der Waals surface area contributed by atoms with Gasteiger partial charge in [-0.2, -0.15) is 5.10 Å². The molecule has 3 N–H and O–H groups in total. The Morgan fingerprint density at radius 3 is 3.15 bits per heavy atom. The molecule has 2 aromatic heterocycles. The summed E-state index contributed by atoms with van der Waals surface area (Å²) in [6, 6.07) is 1.94. The van der Waals surface area contributed by atoms with Crippen LogP contribution in [0.15, 0.2) is 18.5 Å². The minimum Gasteiger partial charge on any atom is -0.338 e. The van der Waals surface area contributed by atoms with Crippen LogP contribution in [0, 0.1) is 0 Å². The third kappa shape index (κ3) is 2.57. The van der Waals surface area contributed by atoms with E-state index in [4.69, 9.17) is 5.73 Å². The monoisotopic (exact) mass is 274 g/mol. The Kier molecular flexibility index (Phi) is 3.51. The highest BCUT2D eigenvalue weighted by Crippen LogP contribution is 2.11. The number of fused-ring (bicyclic) bond motifs is 1. The molecular formula is C13H18N6O. The predicted octanol–water partition coefficient (Wildman–Crippen LogP) is 0.493. The normalized spacial score (nSPS) is 16.2. The zero-order valence-corrected chi connectivity index (χ0v) is 11.2. The summed E-state index contributed by atoms with van der Waals surface area (Å²) in [6.07, 6.45) is 5.64. The number of nitrogens with zero attached hydrogens (tertiary/aromatic N) is 4. The second kappa shape index (κ2) is 5.46. The zero-order valence-electron chi connectivity index (χ0n) is 11.2. The maximum absolute atomic E-state index is 11.9. The second-order valence-electron chi connectivity index (χ2n) is 4.96. The minimum atomic E-state index is -0.00615. The Labute approximate surface area is 116 Å². The van der Waals surface area contributed by atoms with Crippen molar-refractivity contribution in [2.45, 2.75) is 25.9 Å². The Bertz CT molecular complexity index is 622. The van der Waals surface area contributed by atoms with Crippen molar-refractivity contribution in [1.29, 1.82) is 0 Å². The summed E-state index contributed by atoms with van der Waals surface area (Å²) in [5.74, 6) is 0. The third-order valence-corrected chi connectivity index (χ3v) is 3.43. The van der Waals surface area contributed by atoms with E-state index in [9.17, 15) is 4.79 Å². The number of nitrogens with two attached hydrogens (primary N) is 1. The Hall–Kier alpha value is -2.15. The third-order valence-electron chi connectivity index (χ3n) is 3.43. The van der Waals surface area contributed by atoms with E-state index < -0.39 is 0 Å². The van der Waals surface area contributed by atoms with E-state index in [1.165, 1.54) is 0 Å². The van der Waals surface area contributed by atoms with Crippen molar-refractivity contribution in [2.75, 3.05) is 13.1 Å². The van der Waals surface area contributed by atoms with Crippen molar-refractivity contribution in [3.05, 3.63) is 29.7 Å². The summed E-state index contributed by atoms with van der Waals surface area (Å²) >= 11 is 0. The first-order chi connectivity index (χ1) is 9.76. The quantitative estimate of drug-likeness (QED) is 0.852. The topological polar surface area (TPSA) is 88.5 Å². The van der Waals surface area contributed by atoms with Gasteiger partial charge in [0, 0.05) is 26.2 Å². The Balaban J connectivity index is 1.80. The van der Waals surface area contributed by atoms with Crippen LogP contribution in [0.3, 0.4) is 0 Å². The highest BCUT2D eigenvalue weighted by Gasteiger charge is 2.16. The van der Waals surface area contributed by atoms with Gasteiger partial charge in [0.25, 0.3) is 0 Å². The van der Waals surface area contributed by atoms with Crippen molar-refractivity contribution in [3.8, 4) is 0 Å². The highest BCUT2D eigenvalue weighted by atomic mass is 16.2. The SMILES string of the molecule is NCc1cn2ncc(CN3CCCCNC3=O)cc2n1. The summed E-state index contributed by atoms with van der Waals surface area (Å²) in [6.45, 7) is 2.49. The summed E-state index contributed by atoms with van der Waals surface area (Å²) in [7, 11) is 0. The molecule has 0 bridgehead atoms. The van der Waals surface area contributed by atoms with Crippen LogP contribution in [0.1, 0.15) is 24.1 Å². The number of imidazole rings is 1. The fourth-order valence-electron chi connectivity index (χ4n) is 2.36. The fourth-order valence-corrected chi connectivity index (χ4v) is 2.36. The smallest absolute Gasteiger partial charge is 0.317 e. The molecule has 0 unspecified atom stereocenters. The molecular weight excluding hydrogens is 256 g/mol. The molecule has 7 nitrogen and oxygen atoms in total. The number of rotatable bonds is 3. The lowest BCUT2D eigenvalue weighted by Gasteiger charge is -2.19. The van der Waals surface area contributed by atoms with Crippen molar-refractivity contribution in [2.24, 2.45) is 5.73 Å². The van der Waals surface area contributed by atoms with Crippen molar-refractivity contribution < 1.29 is 4.79 Å². The zero-order chi connectivity index (χ0) is 13.9. The van der Waals surface area contributed by atoms with E-state index in [1.807, 2.05) is 17.2 Å². The number of nitrogens with one attached hydrogen (secondary N) is 1. The average Bonchev–Trinajstić information content (AvgIpc) is 2.77. The molecule has 7 heteroatoms. The summed E-state index contributed by atoms with van der Waals surface area (Å²) in [5.41, 5.74) is 8.12. The first-order valence-electron chi connectivity index (χ1n) is 6.82. The molecule has 0 radical (unpaired) electrons. The lowest BCUT2D eigenvalue weighted by Crippen LogP contribution is -2.37. The molecule has 0 aromatic carbocycles. The Morgan fingerprint density at radius 2 is 2.30 bits per heavy atom. The van der Waals surface area contributed by atoms with Crippen LogP contribution in [0.2, 0.25) is 0 Å². The van der Waals surface area contributed by atoms with E-state index in [1.54, 1.807) is 10.7 Å². The van der Waals surface area contributed by atoms with Gasteiger partial charge in [-0.25, -0.2) is 14.3 Å². The molecule has 3 rings (SSSR count). The molecule has 2 aromatic rings. The van der Waals surface area contributed by atoms with Gasteiger partial charge >= 0.3 is 6.03 Å². The van der Waals surface area contributed by atoms with Crippen LogP contribution in [0.25, 0.3) is 5.65 Å². The number of carbonyl (C=O) groups excluding carboxylic acids is 1. The standard InChI is InChI=1S/C13H18N6O/c14-6-11-9-19-12(17-11)5-10(7-16-19)8-18-4-2-1-3-15-13(18)20/h5,7,9H,1-4,6,8,14H2,(H,15,20). The van der Waals surface area contributed by atoms with Gasteiger partial charge in [-0.15, -0.1) is 0 Å². The second-order valence-corrected chi connectivity index (χ2v) is 4.96. The van der Waals surface area contributed by atoms with Gasteiger partial charge in [-0.05, 0) is 24.5 Å². The first kappa shape index (κ1) is 12.9. The van der Waals surface area contributed by atoms with Crippen LogP contribution >= 0.6 is 0 Å². The predicted molar refractivity (Wildman–Crippen MR) is 73.9 cm³/mol. The number of amides is 2. The van der Waals surface area contributed by atoms with Gasteiger partial charge in [0.15, 0.2) is 5.65 Å². The van der Waals surface area contributed by atoms with Gasteiger partial charge in [0.05, 0.1) is 18.1 Å². The van der Waals surface area contributed by atoms with Crippen LogP contribution in [0.4, 0.5) is 4.79 Å². The molecule has 1 aliphatic heterocycles. The van der Waals surface area contributed by atoms with Crippen molar-refractivity contribution in [1.82, 2.24) is 24.8 Å². The molecule has 3 heterocycles. The maximum Gasteiger partial charge on any atom is 0.317 e. The lowest BCUT2D eigenvalue weighted by molar-refractivity contribution is 0.200. The molecule has 1 saturated heterocycles. The van der Waals surface area contributed by atoms with Gasteiger partial charge in [0.2, 0.25) is 0 Å². The van der Waals surface area contributed by atoms with Crippen molar-refractivity contribution in [3.63, 3.8) is 0 Å². The summed E-state index contributed by atoms with van der Waals surface area (Å²) < 4.78 is 1.70. The van der Waals surface area contributed by atoms with E-state index in [0.29, 0.717) is 13.1 Å². The average molecular weight is 274 g/mol. The van der Waals surface area contributed by atoms with Gasteiger partial charge in [-0.3, -0.25) is 0 Å². The van der Waals surface area contributed by atoms with Gasteiger partial charge in [-0.1, -0.05) is 0 Å². The number of aromatic nitrogens is 3. The van der Waals surface area contributed by atoms with Crippen LogP contribution in [-0.4, -0.2) is 38.6 Å². The fraction of sp³-hybridized carbons (Fsp3) is 0.462. The largest absolute Gasteiger partial charge is 0.338 e. The number of urea groups is 1. The Morgan fingerprint density at radius 1 is 1.40 bits per heavy atom. The minimum absolute atomic E-state index is 0.00615. The summed E-state index contributed by atoms with van der Waals surface area (Å²) in [4.78, 5) is 18.1. The molecule has 0 spiro atoms. The van der Waals surface area contributed by atoms with Crippen LogP contribution in [0.5, 0.6) is 0 Å². The van der Waals surface area contributed by atoms with E-state index in [-0.39, 0.29) is 6.03 Å². The van der Waals surface area contributed by atoms with Crippen molar-refractivity contribution >= 4 is 11.7 Å². The molecule has 0 atom stereocenters. The first-order valence-corrected chi connectivity index (χ1v) is 6.82. The van der Waals surface area contributed by atoms with E-state index in [0.717, 1.165) is 42.8 Å². The molecule has 1 fully saturated rings. The number of carbonyl (C=O) groups is 1. The van der Waals surface area contributed by atoms with Crippen LogP contribution in [-0.2, 0) is 13.1 Å². The van der Waals surface area contributed by atoms with Gasteiger partial charge < -0.3 is 16.0 Å². The van der Waals surface area contributed by atoms with E-state index >= 15 is 0 Å². The van der Waals surface area contributed by atoms with Gasteiger partial charge in [0.1, 0.15) is 0 Å². The highest BCUT2D eigenvalue weighted by molar-refractivity contribution is 5.74. The molecule has 0 saturated carbocycles. The molecule has 0 aliphatic carbocycles. The van der Waals surface area contributed by atoms with E-state index in [2.05, 4.69) is 15.4 Å². The number of hydrogen-bond donors (Lipinski definition) is 2. The lowest BCUT2D eigenvalue weighted by atomic mass is 10.2. The maximum atomic E-state index is 11.9. The molecule has 2 amide bonds. The summed E-state index contributed by atoms with van der Waals surface area (Å²) in [5, 5.41) is 7.20. The molecule has 1 aliphatic rings.